The van der Waals surface area contributed by atoms with Crippen LogP contribution in [0.15, 0.2) is 48.5 Å². The summed E-state index contributed by atoms with van der Waals surface area (Å²) in [5.74, 6) is 1.30. The maximum atomic E-state index is 12.1. The van der Waals surface area contributed by atoms with E-state index in [0.29, 0.717) is 35.5 Å². The van der Waals surface area contributed by atoms with Gasteiger partial charge in [-0.1, -0.05) is 39.8 Å². The Morgan fingerprint density at radius 1 is 0.821 bits per heavy atom. The fourth-order valence-corrected chi connectivity index (χ4v) is 2.30. The highest BCUT2D eigenvalue weighted by molar-refractivity contribution is 5.95. The Morgan fingerprint density at radius 3 is 1.96 bits per heavy atom. The maximum absolute atomic E-state index is 12.1. The molecule has 2 amide bonds. The van der Waals surface area contributed by atoms with Crippen molar-refractivity contribution >= 4 is 11.8 Å². The molecule has 0 saturated carbocycles. The lowest BCUT2D eigenvalue weighted by atomic mass is 10.0. The van der Waals surface area contributed by atoms with Gasteiger partial charge in [-0.3, -0.25) is 20.4 Å². The number of hydrazine groups is 1. The van der Waals surface area contributed by atoms with E-state index in [-0.39, 0.29) is 6.61 Å². The van der Waals surface area contributed by atoms with Crippen LogP contribution in [0.3, 0.4) is 0 Å². The first kappa shape index (κ1) is 21.3. The summed E-state index contributed by atoms with van der Waals surface area (Å²) in [4.78, 5) is 24.0. The van der Waals surface area contributed by atoms with Gasteiger partial charge < -0.3 is 9.47 Å². The lowest BCUT2D eigenvalue weighted by Crippen LogP contribution is -2.43. The van der Waals surface area contributed by atoms with Gasteiger partial charge in [0.1, 0.15) is 11.5 Å². The van der Waals surface area contributed by atoms with Crippen molar-refractivity contribution in [1.29, 1.82) is 0 Å². The molecule has 2 N–H and O–H groups in total. The molecule has 0 spiro atoms. The van der Waals surface area contributed by atoms with E-state index in [1.54, 1.807) is 24.3 Å². The lowest BCUT2D eigenvalue weighted by molar-refractivity contribution is -0.123. The Labute approximate surface area is 166 Å². The Balaban J connectivity index is 1.75. The first-order chi connectivity index (χ1) is 13.3. The van der Waals surface area contributed by atoms with Gasteiger partial charge in [-0.05, 0) is 53.8 Å². The SMILES string of the molecule is CC(C)COc1ccc(C(=O)NNC(=O)COc2ccc(C(C)C)cc2)cc1. The van der Waals surface area contributed by atoms with Gasteiger partial charge in [0.05, 0.1) is 6.61 Å². The average Bonchev–Trinajstić information content (AvgIpc) is 2.69. The van der Waals surface area contributed by atoms with Crippen LogP contribution < -0.4 is 20.3 Å². The molecule has 0 heterocycles. The van der Waals surface area contributed by atoms with E-state index in [9.17, 15) is 9.59 Å². The number of hydrogen-bond acceptors (Lipinski definition) is 4. The zero-order chi connectivity index (χ0) is 20.5. The summed E-state index contributed by atoms with van der Waals surface area (Å²) in [6, 6.07) is 14.3. The van der Waals surface area contributed by atoms with Crippen LogP contribution in [0.1, 0.15) is 49.5 Å². The van der Waals surface area contributed by atoms with Crippen molar-refractivity contribution in [2.24, 2.45) is 5.92 Å². The van der Waals surface area contributed by atoms with Gasteiger partial charge in [0, 0.05) is 5.56 Å². The zero-order valence-corrected chi connectivity index (χ0v) is 16.8. The standard InChI is InChI=1S/C22H28N2O4/c1-15(2)13-27-19-11-7-18(8-12-19)22(26)24-23-21(25)14-28-20-9-5-17(6-10-20)16(3)4/h5-12,15-16H,13-14H2,1-4H3,(H,23,25)(H,24,26). The predicted molar refractivity (Wildman–Crippen MR) is 108 cm³/mol. The maximum Gasteiger partial charge on any atom is 0.276 e. The van der Waals surface area contributed by atoms with Crippen LogP contribution >= 0.6 is 0 Å². The molecule has 0 bridgehead atoms. The fraction of sp³-hybridized carbons (Fsp3) is 0.364. The molecule has 0 radical (unpaired) electrons. The van der Waals surface area contributed by atoms with Crippen molar-refractivity contribution in [3.8, 4) is 11.5 Å². The van der Waals surface area contributed by atoms with Crippen LogP contribution in [0.25, 0.3) is 0 Å². The van der Waals surface area contributed by atoms with Crippen LogP contribution in [0.2, 0.25) is 0 Å². The molecule has 2 rings (SSSR count). The van der Waals surface area contributed by atoms with E-state index in [1.165, 1.54) is 5.56 Å². The molecule has 2 aromatic rings. The lowest BCUT2D eigenvalue weighted by Gasteiger charge is -2.11. The highest BCUT2D eigenvalue weighted by Gasteiger charge is 2.09. The molecule has 6 heteroatoms. The molecule has 0 aromatic heterocycles. The number of carbonyl (C=O) groups excluding carboxylic acids is 2. The molecule has 2 aromatic carbocycles. The minimum absolute atomic E-state index is 0.191. The van der Waals surface area contributed by atoms with Crippen molar-refractivity contribution in [3.63, 3.8) is 0 Å². The highest BCUT2D eigenvalue weighted by atomic mass is 16.5. The molecule has 0 aliphatic heterocycles. The molecule has 0 unspecified atom stereocenters. The van der Waals surface area contributed by atoms with Crippen LogP contribution in [0.5, 0.6) is 11.5 Å². The molecule has 6 nitrogen and oxygen atoms in total. The molecular weight excluding hydrogens is 356 g/mol. The van der Waals surface area contributed by atoms with Crippen LogP contribution in [-0.4, -0.2) is 25.0 Å². The molecule has 28 heavy (non-hydrogen) atoms. The van der Waals surface area contributed by atoms with Gasteiger partial charge in [-0.2, -0.15) is 0 Å². The minimum Gasteiger partial charge on any atom is -0.493 e. The van der Waals surface area contributed by atoms with E-state index in [0.717, 1.165) is 0 Å². The second-order valence-electron chi connectivity index (χ2n) is 7.24. The van der Waals surface area contributed by atoms with Crippen molar-refractivity contribution in [2.75, 3.05) is 13.2 Å². The van der Waals surface area contributed by atoms with Crippen molar-refractivity contribution in [1.82, 2.24) is 10.9 Å². The topological polar surface area (TPSA) is 76.7 Å². The summed E-state index contributed by atoms with van der Waals surface area (Å²) < 4.78 is 11.0. The van der Waals surface area contributed by atoms with E-state index >= 15 is 0 Å². The summed E-state index contributed by atoms with van der Waals surface area (Å²) in [5.41, 5.74) is 6.33. The predicted octanol–water partition coefficient (Wildman–Crippen LogP) is 3.68. The van der Waals surface area contributed by atoms with Crippen LogP contribution in [0, 0.1) is 5.92 Å². The van der Waals surface area contributed by atoms with Crippen molar-refractivity contribution in [2.45, 2.75) is 33.6 Å². The van der Waals surface area contributed by atoms with E-state index < -0.39 is 11.8 Å². The van der Waals surface area contributed by atoms with Gasteiger partial charge in [-0.25, -0.2) is 0 Å². The van der Waals surface area contributed by atoms with Crippen LogP contribution in [-0.2, 0) is 4.79 Å². The first-order valence-corrected chi connectivity index (χ1v) is 9.40. The van der Waals surface area contributed by atoms with Gasteiger partial charge in [-0.15, -0.1) is 0 Å². The third-order valence-electron chi connectivity index (χ3n) is 3.93. The number of rotatable bonds is 8. The Bertz CT molecular complexity index is 768. The average molecular weight is 384 g/mol. The quantitative estimate of drug-likeness (QED) is 0.681. The third kappa shape index (κ3) is 6.95. The second-order valence-corrected chi connectivity index (χ2v) is 7.24. The Hall–Kier alpha value is -3.02. The number of ether oxygens (including phenoxy) is 2. The van der Waals surface area contributed by atoms with Gasteiger partial charge in [0.2, 0.25) is 0 Å². The van der Waals surface area contributed by atoms with Crippen molar-refractivity contribution in [3.05, 3.63) is 59.7 Å². The Kier molecular flexibility index (Phi) is 7.87. The van der Waals surface area contributed by atoms with Gasteiger partial charge >= 0.3 is 0 Å². The molecule has 150 valence electrons. The first-order valence-electron chi connectivity index (χ1n) is 9.40. The van der Waals surface area contributed by atoms with Crippen LogP contribution in [0.4, 0.5) is 0 Å². The molecule has 0 aliphatic carbocycles. The number of hydrogen-bond donors (Lipinski definition) is 2. The summed E-state index contributed by atoms with van der Waals surface area (Å²) >= 11 is 0. The normalized spacial score (nSPS) is 10.6. The van der Waals surface area contributed by atoms with Crippen molar-refractivity contribution < 1.29 is 19.1 Å². The van der Waals surface area contributed by atoms with Gasteiger partial charge in [0.15, 0.2) is 6.61 Å². The highest BCUT2D eigenvalue weighted by Crippen LogP contribution is 2.18. The summed E-state index contributed by atoms with van der Waals surface area (Å²) in [6.07, 6.45) is 0. The zero-order valence-electron chi connectivity index (χ0n) is 16.8. The number of nitrogens with one attached hydrogen (secondary N) is 2. The monoisotopic (exact) mass is 384 g/mol. The molecular formula is C22H28N2O4. The molecule has 0 aliphatic rings. The van der Waals surface area contributed by atoms with Gasteiger partial charge in [0.25, 0.3) is 11.8 Å². The minimum atomic E-state index is -0.446. The molecule has 0 saturated heterocycles. The largest absolute Gasteiger partial charge is 0.493 e. The smallest absolute Gasteiger partial charge is 0.276 e. The van der Waals surface area contributed by atoms with E-state index in [2.05, 4.69) is 38.5 Å². The number of amides is 2. The summed E-state index contributed by atoms with van der Waals surface area (Å²) in [6.45, 7) is 8.77. The Morgan fingerprint density at radius 2 is 1.39 bits per heavy atom. The molecule has 0 fully saturated rings. The van der Waals surface area contributed by atoms with E-state index in [1.807, 2.05) is 24.3 Å². The molecule has 0 atom stereocenters. The van der Waals surface area contributed by atoms with E-state index in [4.69, 9.17) is 9.47 Å². The summed E-state index contributed by atoms with van der Waals surface area (Å²) in [7, 11) is 0. The second kappa shape index (κ2) is 10.3. The summed E-state index contributed by atoms with van der Waals surface area (Å²) in [5, 5.41) is 0. The fourth-order valence-electron chi connectivity index (χ4n) is 2.30. The third-order valence-corrected chi connectivity index (χ3v) is 3.93. The number of carbonyl (C=O) groups is 2. The number of benzene rings is 2.